The molecule has 0 unspecified atom stereocenters. The van der Waals surface area contributed by atoms with Gasteiger partial charge in [0.05, 0.1) is 26.5 Å². The molecule has 4 rings (SSSR count). The summed E-state index contributed by atoms with van der Waals surface area (Å²) in [6.07, 6.45) is 0. The third kappa shape index (κ3) is 4.56. The Morgan fingerprint density at radius 3 is 2.19 bits per heavy atom. The average molecular weight is 507 g/mol. The number of hydrogen-bond donors (Lipinski definition) is 1. The summed E-state index contributed by atoms with van der Waals surface area (Å²) in [5.74, 6) is 0.307. The standard InChI is InChI=1S/C28H30N2O5S/c1-18(2)21-13-9-10-14-23(21)29-28(31)27-19(3)22-15-25(34-4)26(35-5)16-24(22)30(36(27,32)33)17-20-11-7-6-8-12-20/h6-16,18H,17H2,1-5H3,(H,29,31). The molecular weight excluding hydrogens is 476 g/mol. The minimum Gasteiger partial charge on any atom is -0.493 e. The van der Waals surface area contributed by atoms with Crippen LogP contribution >= 0.6 is 0 Å². The summed E-state index contributed by atoms with van der Waals surface area (Å²) < 4.78 is 40.2. The van der Waals surface area contributed by atoms with Crippen LogP contribution in [-0.4, -0.2) is 28.5 Å². The lowest BCUT2D eigenvalue weighted by atomic mass is 10.0. The van der Waals surface area contributed by atoms with Crippen molar-refractivity contribution in [1.82, 2.24) is 0 Å². The number of anilines is 2. The van der Waals surface area contributed by atoms with Crippen molar-refractivity contribution in [3.63, 3.8) is 0 Å². The first-order valence-corrected chi connectivity index (χ1v) is 13.1. The van der Waals surface area contributed by atoms with Gasteiger partial charge >= 0.3 is 0 Å². The number of amides is 1. The first kappa shape index (κ1) is 25.3. The van der Waals surface area contributed by atoms with Crippen LogP contribution in [0.3, 0.4) is 0 Å². The lowest BCUT2D eigenvalue weighted by Crippen LogP contribution is -2.39. The first-order valence-electron chi connectivity index (χ1n) is 11.6. The van der Waals surface area contributed by atoms with Crippen molar-refractivity contribution < 1.29 is 22.7 Å². The van der Waals surface area contributed by atoms with E-state index in [-0.39, 0.29) is 17.4 Å². The maximum atomic E-state index is 14.0. The number of methoxy groups -OCH3 is 2. The maximum Gasteiger partial charge on any atom is 0.270 e. The lowest BCUT2D eigenvalue weighted by molar-refractivity contribution is -0.112. The molecule has 0 fully saturated rings. The fourth-order valence-corrected chi connectivity index (χ4v) is 6.16. The number of ether oxygens (including phenoxy) is 2. The van der Waals surface area contributed by atoms with Crippen molar-refractivity contribution in [2.45, 2.75) is 33.2 Å². The van der Waals surface area contributed by atoms with Crippen LogP contribution in [0.2, 0.25) is 0 Å². The zero-order chi connectivity index (χ0) is 26.0. The molecule has 36 heavy (non-hydrogen) atoms. The number of fused-ring (bicyclic) bond motifs is 1. The van der Waals surface area contributed by atoms with Crippen LogP contribution in [0.25, 0.3) is 5.57 Å². The molecule has 0 bridgehead atoms. The quantitative estimate of drug-likeness (QED) is 0.454. The van der Waals surface area contributed by atoms with Gasteiger partial charge in [-0.25, -0.2) is 8.42 Å². The summed E-state index contributed by atoms with van der Waals surface area (Å²) in [7, 11) is -1.21. The van der Waals surface area contributed by atoms with Gasteiger partial charge in [-0.15, -0.1) is 0 Å². The van der Waals surface area contributed by atoms with E-state index in [0.717, 1.165) is 11.1 Å². The Morgan fingerprint density at radius 1 is 0.944 bits per heavy atom. The zero-order valence-electron chi connectivity index (χ0n) is 21.0. The predicted molar refractivity (Wildman–Crippen MR) is 143 cm³/mol. The number of benzene rings is 3. The van der Waals surface area contributed by atoms with E-state index >= 15 is 0 Å². The van der Waals surface area contributed by atoms with Gasteiger partial charge in [-0.05, 0) is 41.7 Å². The van der Waals surface area contributed by atoms with E-state index in [9.17, 15) is 13.2 Å². The number of carbonyl (C=O) groups excluding carboxylic acids is 1. The SMILES string of the molecule is COc1cc2c(cc1OC)N(Cc1ccccc1)S(=O)(=O)C(C(=O)Nc1ccccc1C(C)C)=C2C. The van der Waals surface area contributed by atoms with E-state index in [1.54, 1.807) is 25.1 Å². The number of allylic oxidation sites excluding steroid dienone is 1. The molecule has 0 aliphatic carbocycles. The Hall–Kier alpha value is -3.78. The molecule has 3 aromatic carbocycles. The Kier molecular flexibility index (Phi) is 7.08. The van der Waals surface area contributed by atoms with Gasteiger partial charge in [0.2, 0.25) is 0 Å². The molecule has 0 saturated carbocycles. The van der Waals surface area contributed by atoms with Gasteiger partial charge in [-0.1, -0.05) is 62.4 Å². The Morgan fingerprint density at radius 2 is 1.56 bits per heavy atom. The van der Waals surface area contributed by atoms with Gasteiger partial charge in [0.1, 0.15) is 0 Å². The summed E-state index contributed by atoms with van der Waals surface area (Å²) in [5, 5.41) is 2.86. The van der Waals surface area contributed by atoms with Crippen molar-refractivity contribution in [2.75, 3.05) is 23.8 Å². The molecule has 8 heteroatoms. The smallest absolute Gasteiger partial charge is 0.270 e. The molecule has 0 radical (unpaired) electrons. The van der Waals surface area contributed by atoms with E-state index in [0.29, 0.717) is 34.0 Å². The summed E-state index contributed by atoms with van der Waals surface area (Å²) in [4.78, 5) is 13.3. The second-order valence-corrected chi connectivity index (χ2v) is 10.7. The van der Waals surface area contributed by atoms with Gasteiger partial charge in [0, 0.05) is 17.3 Å². The lowest BCUT2D eigenvalue weighted by Gasteiger charge is -2.33. The molecule has 0 saturated heterocycles. The van der Waals surface area contributed by atoms with Crippen LogP contribution in [0.4, 0.5) is 11.4 Å². The predicted octanol–water partition coefficient (Wildman–Crippen LogP) is 5.55. The van der Waals surface area contributed by atoms with Crippen molar-refractivity contribution in [3.05, 3.63) is 88.3 Å². The highest BCUT2D eigenvalue weighted by Gasteiger charge is 2.40. The molecule has 7 nitrogen and oxygen atoms in total. The molecule has 1 aliphatic heterocycles. The highest BCUT2D eigenvalue weighted by atomic mass is 32.2. The second-order valence-electron chi connectivity index (χ2n) is 8.87. The van der Waals surface area contributed by atoms with Gasteiger partial charge in [-0.2, -0.15) is 0 Å². The van der Waals surface area contributed by atoms with Gasteiger partial charge in [-0.3, -0.25) is 9.10 Å². The van der Waals surface area contributed by atoms with Crippen molar-refractivity contribution in [1.29, 1.82) is 0 Å². The van der Waals surface area contributed by atoms with E-state index in [4.69, 9.17) is 9.47 Å². The first-order chi connectivity index (χ1) is 17.2. The van der Waals surface area contributed by atoms with Crippen LogP contribution < -0.4 is 19.1 Å². The fraction of sp³-hybridized carbons (Fsp3) is 0.250. The summed E-state index contributed by atoms with van der Waals surface area (Å²) >= 11 is 0. The molecule has 0 aromatic heterocycles. The topological polar surface area (TPSA) is 84.9 Å². The molecule has 0 spiro atoms. The minimum atomic E-state index is -4.22. The van der Waals surface area contributed by atoms with E-state index in [1.165, 1.54) is 18.5 Å². The summed E-state index contributed by atoms with van der Waals surface area (Å²) in [6, 6.07) is 20.0. The van der Waals surface area contributed by atoms with E-state index in [1.807, 2.05) is 62.4 Å². The monoisotopic (exact) mass is 506 g/mol. The number of para-hydroxylation sites is 1. The third-order valence-electron chi connectivity index (χ3n) is 6.27. The Labute approximate surface area is 212 Å². The molecule has 1 aliphatic rings. The number of sulfonamides is 1. The maximum absolute atomic E-state index is 14.0. The fourth-order valence-electron chi connectivity index (χ4n) is 4.43. The van der Waals surface area contributed by atoms with Gasteiger partial charge < -0.3 is 14.8 Å². The number of rotatable bonds is 7. The molecule has 3 aromatic rings. The second kappa shape index (κ2) is 10.1. The summed E-state index contributed by atoms with van der Waals surface area (Å²) in [6.45, 7) is 5.73. The zero-order valence-corrected chi connectivity index (χ0v) is 21.8. The normalized spacial score (nSPS) is 14.4. The number of nitrogens with one attached hydrogen (secondary N) is 1. The van der Waals surface area contributed by atoms with Crippen molar-refractivity contribution >= 4 is 32.9 Å². The molecular formula is C28H30N2O5S. The minimum absolute atomic E-state index is 0.0539. The Bertz CT molecular complexity index is 1430. The van der Waals surface area contributed by atoms with E-state index < -0.39 is 15.9 Å². The number of hydrogen-bond acceptors (Lipinski definition) is 5. The average Bonchev–Trinajstić information content (AvgIpc) is 2.86. The van der Waals surface area contributed by atoms with Crippen molar-refractivity contribution in [3.8, 4) is 11.5 Å². The largest absolute Gasteiger partial charge is 0.493 e. The Balaban J connectivity index is 1.89. The van der Waals surface area contributed by atoms with Gasteiger partial charge in [0.15, 0.2) is 16.4 Å². The molecule has 1 amide bonds. The highest BCUT2D eigenvalue weighted by molar-refractivity contribution is 7.97. The molecule has 188 valence electrons. The number of carbonyl (C=O) groups is 1. The van der Waals surface area contributed by atoms with Crippen LogP contribution in [0.1, 0.15) is 43.4 Å². The van der Waals surface area contributed by atoms with Crippen LogP contribution in [-0.2, 0) is 21.4 Å². The van der Waals surface area contributed by atoms with Gasteiger partial charge in [0.25, 0.3) is 15.9 Å². The molecule has 1 N–H and O–H groups in total. The van der Waals surface area contributed by atoms with Crippen LogP contribution in [0.15, 0.2) is 71.6 Å². The van der Waals surface area contributed by atoms with Crippen LogP contribution in [0.5, 0.6) is 11.5 Å². The highest BCUT2D eigenvalue weighted by Crippen LogP contribution is 2.45. The number of nitrogens with zero attached hydrogens (tertiary/aromatic N) is 1. The molecule has 0 atom stereocenters. The third-order valence-corrected chi connectivity index (χ3v) is 8.18. The van der Waals surface area contributed by atoms with E-state index in [2.05, 4.69) is 5.32 Å². The van der Waals surface area contributed by atoms with Crippen molar-refractivity contribution in [2.24, 2.45) is 0 Å². The van der Waals surface area contributed by atoms with Crippen LogP contribution in [0, 0.1) is 0 Å². The molecule has 1 heterocycles. The summed E-state index contributed by atoms with van der Waals surface area (Å²) in [5.41, 5.74) is 3.64.